The number of sulfonamides is 1. The molecule has 1 aromatic carbocycles. The average molecular weight is 357 g/mol. The molecule has 0 atom stereocenters. The smallest absolute Gasteiger partial charge is 0.242 e. The van der Waals surface area contributed by atoms with Gasteiger partial charge in [-0.2, -0.15) is 10.2 Å². The zero-order chi connectivity index (χ0) is 17.9. The molecule has 0 aliphatic heterocycles. The first kappa shape index (κ1) is 16.9. The van der Waals surface area contributed by atoms with E-state index in [1.54, 1.807) is 0 Å². The summed E-state index contributed by atoms with van der Waals surface area (Å²) in [6.45, 7) is 2.61. The third-order valence-corrected chi connectivity index (χ3v) is 4.95. The van der Waals surface area contributed by atoms with Crippen LogP contribution >= 0.6 is 0 Å². The van der Waals surface area contributed by atoms with E-state index in [9.17, 15) is 8.42 Å². The largest absolute Gasteiger partial charge is 0.345 e. The van der Waals surface area contributed by atoms with E-state index in [0.29, 0.717) is 5.82 Å². The highest BCUT2D eigenvalue weighted by atomic mass is 32.2. The van der Waals surface area contributed by atoms with Gasteiger partial charge in [0.25, 0.3) is 0 Å². The minimum absolute atomic E-state index is 0.00569. The molecule has 128 valence electrons. The normalized spacial score (nSPS) is 11.4. The molecule has 0 saturated carbocycles. The van der Waals surface area contributed by atoms with Crippen molar-refractivity contribution in [3.63, 3.8) is 0 Å². The van der Waals surface area contributed by atoms with Gasteiger partial charge in [-0.15, -0.1) is 0 Å². The average Bonchev–Trinajstić information content (AvgIpc) is 3.28. The van der Waals surface area contributed by atoms with Crippen LogP contribution in [0.15, 0.2) is 52.0 Å². The van der Waals surface area contributed by atoms with E-state index in [2.05, 4.69) is 14.9 Å². The molecule has 2 heterocycles. The Morgan fingerprint density at radius 1 is 1.32 bits per heavy atom. The number of nitrogens with zero attached hydrogens (tertiary/aromatic N) is 4. The van der Waals surface area contributed by atoms with Gasteiger partial charge in [0.1, 0.15) is 0 Å². The van der Waals surface area contributed by atoms with E-state index in [-0.39, 0.29) is 22.9 Å². The fourth-order valence-electron chi connectivity index (χ4n) is 2.30. The summed E-state index contributed by atoms with van der Waals surface area (Å²) in [5.41, 5.74) is 1.06. The maximum Gasteiger partial charge on any atom is 0.242 e. The van der Waals surface area contributed by atoms with Gasteiger partial charge in [0.2, 0.25) is 21.7 Å². The molecular formula is C16H15N5O3S. The van der Waals surface area contributed by atoms with Crippen molar-refractivity contribution < 1.29 is 12.9 Å². The summed E-state index contributed by atoms with van der Waals surface area (Å²) >= 11 is 0. The van der Waals surface area contributed by atoms with Crippen molar-refractivity contribution in [2.45, 2.75) is 24.9 Å². The first-order valence-corrected chi connectivity index (χ1v) is 8.99. The summed E-state index contributed by atoms with van der Waals surface area (Å²) in [7, 11) is -3.78. The Balaban J connectivity index is 1.75. The van der Waals surface area contributed by atoms with Gasteiger partial charge in [-0.05, 0) is 37.3 Å². The van der Waals surface area contributed by atoms with Crippen LogP contribution in [-0.4, -0.2) is 23.1 Å². The molecule has 2 aromatic heterocycles. The number of hydrogen-bond donors (Lipinski definition) is 1. The van der Waals surface area contributed by atoms with Crippen molar-refractivity contribution >= 4 is 10.0 Å². The van der Waals surface area contributed by atoms with Crippen molar-refractivity contribution in [1.82, 2.24) is 19.4 Å². The number of nitriles is 1. The third-order valence-electron chi connectivity index (χ3n) is 3.55. The molecule has 1 N–H and O–H groups in total. The lowest BCUT2D eigenvalue weighted by Crippen LogP contribution is -2.23. The quantitative estimate of drug-likeness (QED) is 0.721. The van der Waals surface area contributed by atoms with Gasteiger partial charge < -0.3 is 9.09 Å². The summed E-state index contributed by atoms with van der Waals surface area (Å²) in [6.07, 6.45) is 1.90. The van der Waals surface area contributed by atoms with Crippen molar-refractivity contribution in [1.29, 1.82) is 5.26 Å². The number of aromatic nitrogens is 3. The minimum atomic E-state index is -3.78. The van der Waals surface area contributed by atoms with Gasteiger partial charge in [0.05, 0.1) is 28.8 Å². The van der Waals surface area contributed by atoms with E-state index in [4.69, 9.17) is 9.78 Å². The summed E-state index contributed by atoms with van der Waals surface area (Å²) < 4.78 is 34.0. The molecule has 8 nitrogen and oxygen atoms in total. The molecule has 0 unspecified atom stereocenters. The number of hydrogen-bond acceptors (Lipinski definition) is 6. The van der Waals surface area contributed by atoms with Gasteiger partial charge in [-0.3, -0.25) is 0 Å². The molecule has 0 aliphatic rings. The fraction of sp³-hybridized carbons (Fsp3) is 0.188. The second kappa shape index (κ2) is 6.88. The summed E-state index contributed by atoms with van der Waals surface area (Å²) in [5.74, 6) is 0.548. The highest BCUT2D eigenvalue weighted by Gasteiger charge is 2.17. The maximum absolute atomic E-state index is 12.3. The van der Waals surface area contributed by atoms with E-state index in [0.717, 1.165) is 12.2 Å². The van der Waals surface area contributed by atoms with E-state index in [1.807, 2.05) is 35.9 Å². The second-order valence-corrected chi connectivity index (χ2v) is 6.92. The Hall–Kier alpha value is -2.96. The van der Waals surface area contributed by atoms with Crippen LogP contribution in [0, 0.1) is 11.3 Å². The lowest BCUT2D eigenvalue weighted by Gasteiger charge is -2.04. The SMILES string of the molecule is CCn1cccc1-c1noc(CNS(=O)(=O)c2cccc(C#N)c2)n1. The third kappa shape index (κ3) is 3.60. The molecule has 0 aliphatic carbocycles. The molecular weight excluding hydrogens is 342 g/mol. The van der Waals surface area contributed by atoms with E-state index >= 15 is 0 Å². The molecule has 0 fully saturated rings. The molecule has 0 amide bonds. The molecule has 3 rings (SSSR count). The Kier molecular flexibility index (Phi) is 4.65. The van der Waals surface area contributed by atoms with Crippen molar-refractivity contribution in [2.75, 3.05) is 0 Å². The molecule has 0 saturated heterocycles. The Bertz CT molecular complexity index is 1030. The fourth-order valence-corrected chi connectivity index (χ4v) is 3.32. The molecule has 0 bridgehead atoms. The number of aryl methyl sites for hydroxylation is 1. The summed E-state index contributed by atoms with van der Waals surface area (Å²) in [4.78, 5) is 4.22. The predicted molar refractivity (Wildman–Crippen MR) is 88.6 cm³/mol. The van der Waals surface area contributed by atoms with Gasteiger partial charge in [-0.25, -0.2) is 13.1 Å². The summed E-state index contributed by atoms with van der Waals surface area (Å²) in [6, 6.07) is 11.4. The van der Waals surface area contributed by atoms with Crippen molar-refractivity contribution in [2.24, 2.45) is 0 Å². The Morgan fingerprint density at radius 3 is 2.92 bits per heavy atom. The zero-order valence-corrected chi connectivity index (χ0v) is 14.2. The first-order valence-electron chi connectivity index (χ1n) is 7.51. The van der Waals surface area contributed by atoms with Gasteiger partial charge in [-0.1, -0.05) is 11.2 Å². The monoisotopic (exact) mass is 357 g/mol. The lowest BCUT2D eigenvalue weighted by molar-refractivity contribution is 0.375. The first-order chi connectivity index (χ1) is 12.0. The Labute approximate surface area is 144 Å². The number of nitrogens with one attached hydrogen (secondary N) is 1. The summed E-state index contributed by atoms with van der Waals surface area (Å²) in [5, 5.41) is 12.8. The minimum Gasteiger partial charge on any atom is -0.345 e. The zero-order valence-electron chi connectivity index (χ0n) is 13.4. The second-order valence-electron chi connectivity index (χ2n) is 5.16. The standard InChI is InChI=1S/C16H15N5O3S/c1-2-21-8-4-7-14(21)16-19-15(24-20-16)11-18-25(22,23)13-6-3-5-12(9-13)10-17/h3-9,18H,2,11H2,1H3. The van der Waals surface area contributed by atoms with Crippen LogP contribution in [0.5, 0.6) is 0 Å². The van der Waals surface area contributed by atoms with Crippen LogP contribution in [0.3, 0.4) is 0 Å². The van der Waals surface area contributed by atoms with Crippen molar-refractivity contribution in [3.05, 3.63) is 54.0 Å². The highest BCUT2D eigenvalue weighted by Crippen LogP contribution is 2.17. The van der Waals surface area contributed by atoms with Crippen LogP contribution in [0.4, 0.5) is 0 Å². The van der Waals surface area contributed by atoms with Crippen LogP contribution in [0.2, 0.25) is 0 Å². The van der Waals surface area contributed by atoms with E-state index in [1.165, 1.54) is 24.3 Å². The van der Waals surface area contributed by atoms with Crippen LogP contribution in [-0.2, 0) is 23.1 Å². The van der Waals surface area contributed by atoms with Gasteiger partial charge in [0.15, 0.2) is 0 Å². The molecule has 0 spiro atoms. The van der Waals surface area contributed by atoms with Gasteiger partial charge in [0, 0.05) is 12.7 Å². The molecule has 3 aromatic rings. The predicted octanol–water partition coefficient (Wildman–Crippen LogP) is 1.91. The van der Waals surface area contributed by atoms with E-state index < -0.39 is 10.0 Å². The number of benzene rings is 1. The topological polar surface area (TPSA) is 114 Å². The number of rotatable bonds is 6. The molecule has 9 heteroatoms. The van der Waals surface area contributed by atoms with Crippen LogP contribution in [0.25, 0.3) is 11.5 Å². The van der Waals surface area contributed by atoms with Crippen LogP contribution < -0.4 is 4.72 Å². The lowest BCUT2D eigenvalue weighted by atomic mass is 10.2. The maximum atomic E-state index is 12.3. The van der Waals surface area contributed by atoms with Gasteiger partial charge >= 0.3 is 0 Å². The Morgan fingerprint density at radius 2 is 2.16 bits per heavy atom. The highest BCUT2D eigenvalue weighted by molar-refractivity contribution is 7.89. The molecule has 25 heavy (non-hydrogen) atoms. The molecule has 0 radical (unpaired) electrons. The van der Waals surface area contributed by atoms with Crippen LogP contribution in [0.1, 0.15) is 18.4 Å². The van der Waals surface area contributed by atoms with Crippen molar-refractivity contribution in [3.8, 4) is 17.6 Å².